The van der Waals surface area contributed by atoms with Crippen LogP contribution in [0.15, 0.2) is 27.1 Å². The summed E-state index contributed by atoms with van der Waals surface area (Å²) in [5.74, 6) is -1.16. The molecule has 0 fully saturated rings. The predicted octanol–water partition coefficient (Wildman–Crippen LogP) is 3.90. The van der Waals surface area contributed by atoms with Gasteiger partial charge in [0, 0.05) is 20.9 Å². The maximum Gasteiger partial charge on any atom is 0.309 e. The number of Topliss-reactive ketones (excluding diaryl/α,β-unsaturated/α-hetero) is 1. The van der Waals surface area contributed by atoms with E-state index in [1.54, 1.807) is 26.0 Å². The Hall–Kier alpha value is -0.680. The van der Waals surface area contributed by atoms with Gasteiger partial charge in [-0.1, -0.05) is 31.9 Å². The van der Waals surface area contributed by atoms with Gasteiger partial charge >= 0.3 is 5.97 Å². The number of benzene rings is 1. The lowest BCUT2D eigenvalue weighted by molar-refractivity contribution is -0.146. The number of halogens is 2. The molecule has 0 unspecified atom stereocenters. The fourth-order valence-corrected chi connectivity index (χ4v) is 2.11. The van der Waals surface area contributed by atoms with Gasteiger partial charge in [-0.3, -0.25) is 9.59 Å². The molecule has 0 saturated carbocycles. The Morgan fingerprint density at radius 1 is 1.29 bits per heavy atom. The molecule has 1 aromatic carbocycles. The van der Waals surface area contributed by atoms with Crippen molar-refractivity contribution in [2.75, 3.05) is 0 Å². The summed E-state index contributed by atoms with van der Waals surface area (Å²) in [4.78, 5) is 23.0. The molecule has 1 rings (SSSR count). The normalized spacial score (nSPS) is 11.3. The lowest BCUT2D eigenvalue weighted by Gasteiger charge is -2.18. The van der Waals surface area contributed by atoms with Gasteiger partial charge in [0.05, 0.1) is 5.41 Å². The number of hydrogen-bond donors (Lipinski definition) is 1. The van der Waals surface area contributed by atoms with Gasteiger partial charge in [0.1, 0.15) is 0 Å². The zero-order chi connectivity index (χ0) is 13.2. The number of rotatable bonds is 4. The van der Waals surface area contributed by atoms with Crippen molar-refractivity contribution in [3.63, 3.8) is 0 Å². The third-order valence-corrected chi connectivity index (χ3v) is 3.60. The molecule has 5 heteroatoms. The van der Waals surface area contributed by atoms with Crippen molar-refractivity contribution in [2.45, 2.75) is 20.3 Å². The molecule has 0 aliphatic rings. The first-order valence-corrected chi connectivity index (χ1v) is 6.54. The van der Waals surface area contributed by atoms with E-state index in [2.05, 4.69) is 31.9 Å². The fourth-order valence-electron chi connectivity index (χ4n) is 1.28. The molecule has 0 bridgehead atoms. The van der Waals surface area contributed by atoms with Crippen molar-refractivity contribution < 1.29 is 14.7 Å². The maximum absolute atomic E-state index is 12.0. The molecule has 0 aromatic heterocycles. The quantitative estimate of drug-likeness (QED) is 0.825. The van der Waals surface area contributed by atoms with Crippen molar-refractivity contribution in [1.29, 1.82) is 0 Å². The van der Waals surface area contributed by atoms with Gasteiger partial charge in [0.2, 0.25) is 0 Å². The maximum atomic E-state index is 12.0. The van der Waals surface area contributed by atoms with Crippen LogP contribution in [-0.2, 0) is 4.79 Å². The molecule has 0 aliphatic carbocycles. The van der Waals surface area contributed by atoms with Crippen LogP contribution in [0.3, 0.4) is 0 Å². The molecule has 0 radical (unpaired) electrons. The minimum absolute atomic E-state index is 0.0304. The summed E-state index contributed by atoms with van der Waals surface area (Å²) >= 11 is 6.57. The largest absolute Gasteiger partial charge is 0.481 e. The van der Waals surface area contributed by atoms with Gasteiger partial charge in [0.25, 0.3) is 0 Å². The van der Waals surface area contributed by atoms with Crippen LogP contribution < -0.4 is 0 Å². The molecule has 0 saturated heterocycles. The van der Waals surface area contributed by atoms with Gasteiger partial charge in [0.15, 0.2) is 5.78 Å². The molecule has 17 heavy (non-hydrogen) atoms. The minimum Gasteiger partial charge on any atom is -0.481 e. The Balaban J connectivity index is 2.98. The van der Waals surface area contributed by atoms with Crippen LogP contribution >= 0.6 is 31.9 Å². The lowest BCUT2D eigenvalue weighted by atomic mass is 9.86. The van der Waals surface area contributed by atoms with Gasteiger partial charge in [-0.15, -0.1) is 0 Å². The average molecular weight is 364 g/mol. The number of carbonyl (C=O) groups is 2. The second-order valence-electron chi connectivity index (χ2n) is 4.41. The third-order valence-electron chi connectivity index (χ3n) is 2.41. The topological polar surface area (TPSA) is 54.4 Å². The molecule has 3 nitrogen and oxygen atoms in total. The predicted molar refractivity (Wildman–Crippen MR) is 72.2 cm³/mol. The first-order valence-electron chi connectivity index (χ1n) is 4.95. The molecular weight excluding hydrogens is 352 g/mol. The summed E-state index contributed by atoms with van der Waals surface area (Å²) in [6.45, 7) is 3.08. The molecule has 0 aliphatic heterocycles. The Bertz CT molecular complexity index is 467. The van der Waals surface area contributed by atoms with E-state index in [0.29, 0.717) is 10.0 Å². The summed E-state index contributed by atoms with van der Waals surface area (Å²) in [5.41, 5.74) is -0.563. The molecule has 1 N–H and O–H groups in total. The molecule has 1 aromatic rings. The molecule has 0 atom stereocenters. The van der Waals surface area contributed by atoms with E-state index in [4.69, 9.17) is 5.11 Å². The van der Waals surface area contributed by atoms with Crippen molar-refractivity contribution in [3.05, 3.63) is 32.7 Å². The summed E-state index contributed by atoms with van der Waals surface area (Å²) in [6, 6.07) is 5.25. The first kappa shape index (κ1) is 14.4. The Morgan fingerprint density at radius 2 is 1.88 bits per heavy atom. The van der Waals surface area contributed by atoms with Crippen LogP contribution in [0.25, 0.3) is 0 Å². The highest BCUT2D eigenvalue weighted by atomic mass is 79.9. The first-order chi connectivity index (χ1) is 7.74. The van der Waals surface area contributed by atoms with E-state index >= 15 is 0 Å². The van der Waals surface area contributed by atoms with Crippen molar-refractivity contribution in [2.24, 2.45) is 5.41 Å². The number of carbonyl (C=O) groups excluding carboxylic acids is 1. The fraction of sp³-hybridized carbons (Fsp3) is 0.333. The molecule has 0 amide bonds. The number of carboxylic acids is 1. The monoisotopic (exact) mass is 362 g/mol. The summed E-state index contributed by atoms with van der Waals surface area (Å²) in [6.07, 6.45) is -0.0304. The number of ketones is 1. The molecule has 0 heterocycles. The highest BCUT2D eigenvalue weighted by molar-refractivity contribution is 9.11. The van der Waals surface area contributed by atoms with Crippen LogP contribution in [-0.4, -0.2) is 16.9 Å². The second-order valence-corrected chi connectivity index (χ2v) is 6.18. The van der Waals surface area contributed by atoms with Gasteiger partial charge < -0.3 is 5.11 Å². The zero-order valence-electron chi connectivity index (χ0n) is 9.46. The van der Waals surface area contributed by atoms with Crippen LogP contribution in [0.2, 0.25) is 0 Å². The number of hydrogen-bond acceptors (Lipinski definition) is 2. The van der Waals surface area contributed by atoms with Crippen LogP contribution in [0, 0.1) is 5.41 Å². The van der Waals surface area contributed by atoms with Crippen molar-refractivity contribution in [1.82, 2.24) is 0 Å². The van der Waals surface area contributed by atoms with Crippen LogP contribution in [0.4, 0.5) is 0 Å². The highest BCUT2D eigenvalue weighted by Crippen LogP contribution is 2.28. The number of carboxylic acid groups (broad SMARTS) is 1. The molecule has 0 spiro atoms. The Morgan fingerprint density at radius 3 is 2.41 bits per heavy atom. The van der Waals surface area contributed by atoms with E-state index in [0.717, 1.165) is 4.47 Å². The summed E-state index contributed by atoms with van der Waals surface area (Å²) < 4.78 is 1.46. The third kappa shape index (κ3) is 3.64. The minimum atomic E-state index is -1.06. The van der Waals surface area contributed by atoms with Crippen LogP contribution in [0.5, 0.6) is 0 Å². The standard InChI is InChI=1S/C12H12Br2O3/c1-12(2,11(16)17)6-10(15)8-5-7(13)3-4-9(8)14/h3-5H,6H2,1-2H3,(H,16,17). The Kier molecular flexibility index (Phi) is 4.49. The van der Waals surface area contributed by atoms with E-state index in [9.17, 15) is 9.59 Å². The number of aliphatic carboxylic acids is 1. The average Bonchev–Trinajstić information content (AvgIpc) is 2.20. The van der Waals surface area contributed by atoms with E-state index in [1.807, 2.05) is 6.07 Å². The highest BCUT2D eigenvalue weighted by Gasteiger charge is 2.31. The van der Waals surface area contributed by atoms with Crippen molar-refractivity contribution >= 4 is 43.6 Å². The van der Waals surface area contributed by atoms with Crippen molar-refractivity contribution in [3.8, 4) is 0 Å². The molecule has 92 valence electrons. The smallest absolute Gasteiger partial charge is 0.309 e. The molecular formula is C12H12Br2O3. The van der Waals surface area contributed by atoms with E-state index in [1.165, 1.54) is 0 Å². The summed E-state index contributed by atoms with van der Waals surface area (Å²) in [7, 11) is 0. The summed E-state index contributed by atoms with van der Waals surface area (Å²) in [5, 5.41) is 8.99. The lowest BCUT2D eigenvalue weighted by Crippen LogP contribution is -2.27. The van der Waals surface area contributed by atoms with Gasteiger partial charge in [-0.2, -0.15) is 0 Å². The Labute approximate surface area is 116 Å². The zero-order valence-corrected chi connectivity index (χ0v) is 12.6. The van der Waals surface area contributed by atoms with Crippen LogP contribution in [0.1, 0.15) is 30.6 Å². The van der Waals surface area contributed by atoms with E-state index < -0.39 is 11.4 Å². The second kappa shape index (κ2) is 5.31. The SMILES string of the molecule is CC(C)(CC(=O)c1cc(Br)ccc1Br)C(=O)O. The van der Waals surface area contributed by atoms with Gasteiger partial charge in [-0.25, -0.2) is 0 Å². The van der Waals surface area contributed by atoms with E-state index in [-0.39, 0.29) is 12.2 Å². The van der Waals surface area contributed by atoms with Gasteiger partial charge in [-0.05, 0) is 32.0 Å².